The van der Waals surface area contributed by atoms with E-state index in [9.17, 15) is 4.79 Å². The van der Waals surface area contributed by atoms with E-state index in [1.54, 1.807) is 0 Å². The lowest BCUT2D eigenvalue weighted by Gasteiger charge is -2.05. The monoisotopic (exact) mass is 277 g/mol. The highest BCUT2D eigenvalue weighted by Crippen LogP contribution is 2.25. The molecule has 0 aliphatic rings. The molecule has 1 heterocycles. The van der Waals surface area contributed by atoms with Crippen LogP contribution in [-0.2, 0) is 11.8 Å². The first-order valence-electron chi connectivity index (χ1n) is 5.89. The molecule has 0 amide bonds. The first-order valence-corrected chi connectivity index (χ1v) is 6.88. The zero-order chi connectivity index (χ0) is 13.8. The second kappa shape index (κ2) is 5.88. The third kappa shape index (κ3) is 3.14. The molecule has 0 saturated heterocycles. The van der Waals surface area contributed by atoms with Crippen molar-refractivity contribution in [2.24, 2.45) is 7.05 Å². The summed E-state index contributed by atoms with van der Waals surface area (Å²) in [6, 6.07) is 7.98. The number of nitrogens with zero attached hydrogens (tertiary/aromatic N) is 3. The minimum atomic E-state index is -0.797. The summed E-state index contributed by atoms with van der Waals surface area (Å²) in [5.41, 5.74) is 2.18. The Bertz CT molecular complexity index is 595. The van der Waals surface area contributed by atoms with Crippen LogP contribution in [0.5, 0.6) is 0 Å². The van der Waals surface area contributed by atoms with Crippen molar-refractivity contribution in [2.75, 3.05) is 5.75 Å². The van der Waals surface area contributed by atoms with Gasteiger partial charge < -0.3 is 9.67 Å². The summed E-state index contributed by atoms with van der Waals surface area (Å²) in [6.45, 7) is 2.03. The van der Waals surface area contributed by atoms with Gasteiger partial charge in [-0.05, 0) is 12.5 Å². The highest BCUT2D eigenvalue weighted by molar-refractivity contribution is 7.99. The molecule has 2 rings (SSSR count). The third-order valence-corrected chi connectivity index (χ3v) is 3.79. The molecule has 0 atom stereocenters. The molecule has 5 nitrogen and oxygen atoms in total. The van der Waals surface area contributed by atoms with E-state index in [4.69, 9.17) is 5.11 Å². The van der Waals surface area contributed by atoms with Crippen molar-refractivity contribution >= 4 is 17.7 Å². The number of thioether (sulfide) groups is 1. The van der Waals surface area contributed by atoms with Gasteiger partial charge in [-0.1, -0.05) is 36.0 Å². The number of rotatable bonds is 5. The molecule has 1 aromatic heterocycles. The molecule has 0 saturated carbocycles. The molecular weight excluding hydrogens is 262 g/mol. The molecule has 100 valence electrons. The highest BCUT2D eigenvalue weighted by atomic mass is 32.2. The minimum absolute atomic E-state index is 0.122. The number of hydrogen-bond donors (Lipinski definition) is 1. The summed E-state index contributed by atoms with van der Waals surface area (Å²) >= 11 is 1.41. The van der Waals surface area contributed by atoms with Gasteiger partial charge in [0, 0.05) is 18.4 Å². The van der Waals surface area contributed by atoms with E-state index in [0.717, 1.165) is 22.1 Å². The van der Waals surface area contributed by atoms with Gasteiger partial charge >= 0.3 is 5.97 Å². The van der Waals surface area contributed by atoms with Crippen LogP contribution in [0.4, 0.5) is 0 Å². The molecule has 0 bridgehead atoms. The van der Waals surface area contributed by atoms with Crippen LogP contribution < -0.4 is 0 Å². The Morgan fingerprint density at radius 3 is 2.79 bits per heavy atom. The number of benzene rings is 1. The van der Waals surface area contributed by atoms with Gasteiger partial charge in [-0.25, -0.2) is 0 Å². The molecule has 0 aliphatic heterocycles. The highest BCUT2D eigenvalue weighted by Gasteiger charge is 2.12. The van der Waals surface area contributed by atoms with Crippen molar-refractivity contribution in [1.82, 2.24) is 14.8 Å². The van der Waals surface area contributed by atoms with Crippen LogP contribution in [0, 0.1) is 6.92 Å². The number of aliphatic carboxylic acids is 1. The fraction of sp³-hybridized carbons (Fsp3) is 0.308. The predicted molar refractivity (Wildman–Crippen MR) is 74.2 cm³/mol. The lowest BCUT2D eigenvalue weighted by atomic mass is 10.1. The van der Waals surface area contributed by atoms with Gasteiger partial charge in [0.2, 0.25) is 0 Å². The number of aryl methyl sites for hydroxylation is 1. The smallest absolute Gasteiger partial charge is 0.304 e. The van der Waals surface area contributed by atoms with Crippen molar-refractivity contribution in [2.45, 2.75) is 18.5 Å². The van der Waals surface area contributed by atoms with Gasteiger partial charge in [0.1, 0.15) is 0 Å². The summed E-state index contributed by atoms with van der Waals surface area (Å²) in [4.78, 5) is 10.5. The van der Waals surface area contributed by atoms with E-state index in [-0.39, 0.29) is 6.42 Å². The van der Waals surface area contributed by atoms with Crippen LogP contribution in [0.1, 0.15) is 12.0 Å². The molecule has 0 unspecified atom stereocenters. The summed E-state index contributed by atoms with van der Waals surface area (Å²) in [5.74, 6) is 0.499. The Balaban J connectivity index is 2.19. The zero-order valence-electron chi connectivity index (χ0n) is 10.8. The minimum Gasteiger partial charge on any atom is -0.481 e. The molecular formula is C13H15N3O2S. The summed E-state index contributed by atoms with van der Waals surface area (Å²) in [6.07, 6.45) is 0.122. The maximum atomic E-state index is 10.5. The Morgan fingerprint density at radius 2 is 2.11 bits per heavy atom. The lowest BCUT2D eigenvalue weighted by Crippen LogP contribution is -1.99. The average Bonchev–Trinajstić information content (AvgIpc) is 2.72. The van der Waals surface area contributed by atoms with Crippen LogP contribution >= 0.6 is 11.8 Å². The second-order valence-corrected chi connectivity index (χ2v) is 5.23. The topological polar surface area (TPSA) is 68.0 Å². The van der Waals surface area contributed by atoms with Crippen LogP contribution in [0.2, 0.25) is 0 Å². The molecule has 1 N–H and O–H groups in total. The maximum absolute atomic E-state index is 10.5. The van der Waals surface area contributed by atoms with Gasteiger partial charge in [-0.15, -0.1) is 10.2 Å². The molecule has 0 fully saturated rings. The van der Waals surface area contributed by atoms with Crippen molar-refractivity contribution in [3.63, 3.8) is 0 Å². The fourth-order valence-corrected chi connectivity index (χ4v) is 2.57. The normalized spacial score (nSPS) is 10.6. The molecule has 6 heteroatoms. The Hall–Kier alpha value is -1.82. The number of carboxylic acids is 1. The van der Waals surface area contributed by atoms with Gasteiger partial charge in [0.25, 0.3) is 0 Å². The van der Waals surface area contributed by atoms with Crippen molar-refractivity contribution in [3.8, 4) is 11.4 Å². The van der Waals surface area contributed by atoms with Crippen molar-refractivity contribution < 1.29 is 9.90 Å². The average molecular weight is 277 g/mol. The summed E-state index contributed by atoms with van der Waals surface area (Å²) in [7, 11) is 1.89. The van der Waals surface area contributed by atoms with E-state index in [2.05, 4.69) is 10.2 Å². The van der Waals surface area contributed by atoms with E-state index < -0.39 is 5.97 Å². The Morgan fingerprint density at radius 1 is 1.37 bits per heavy atom. The molecule has 0 aliphatic carbocycles. The van der Waals surface area contributed by atoms with Crippen molar-refractivity contribution in [1.29, 1.82) is 0 Å². The predicted octanol–water partition coefficient (Wildman–Crippen LogP) is 2.36. The molecule has 1 aromatic carbocycles. The quantitative estimate of drug-likeness (QED) is 0.850. The largest absolute Gasteiger partial charge is 0.481 e. The van der Waals surface area contributed by atoms with Crippen LogP contribution in [0.25, 0.3) is 11.4 Å². The third-order valence-electron chi connectivity index (χ3n) is 2.77. The van der Waals surface area contributed by atoms with Gasteiger partial charge in [0.15, 0.2) is 11.0 Å². The van der Waals surface area contributed by atoms with Crippen LogP contribution in [0.15, 0.2) is 29.4 Å². The first kappa shape index (κ1) is 13.6. The van der Waals surface area contributed by atoms with E-state index in [1.165, 1.54) is 11.8 Å². The second-order valence-electron chi connectivity index (χ2n) is 4.17. The zero-order valence-corrected chi connectivity index (χ0v) is 11.6. The summed E-state index contributed by atoms with van der Waals surface area (Å²) in [5, 5.41) is 17.7. The Kier molecular flexibility index (Phi) is 4.21. The number of carboxylic acid groups (broad SMARTS) is 1. The molecule has 0 radical (unpaired) electrons. The standard InChI is InChI=1S/C13H15N3O2S/c1-9-5-3-4-6-10(9)12-14-15-13(16(12)2)19-8-7-11(17)18/h3-6H,7-8H2,1-2H3,(H,17,18). The van der Waals surface area contributed by atoms with Gasteiger partial charge in [-0.3, -0.25) is 4.79 Å². The number of carbonyl (C=O) groups is 1. The van der Waals surface area contributed by atoms with Crippen LogP contribution in [-0.4, -0.2) is 31.6 Å². The molecule has 19 heavy (non-hydrogen) atoms. The van der Waals surface area contributed by atoms with Crippen molar-refractivity contribution in [3.05, 3.63) is 29.8 Å². The van der Waals surface area contributed by atoms with E-state index in [1.807, 2.05) is 42.8 Å². The van der Waals surface area contributed by atoms with E-state index >= 15 is 0 Å². The molecule has 2 aromatic rings. The first-order chi connectivity index (χ1) is 9.09. The lowest BCUT2D eigenvalue weighted by molar-refractivity contribution is -0.136. The fourth-order valence-electron chi connectivity index (χ4n) is 1.73. The van der Waals surface area contributed by atoms with Gasteiger partial charge in [-0.2, -0.15) is 0 Å². The number of aromatic nitrogens is 3. The number of hydrogen-bond acceptors (Lipinski definition) is 4. The SMILES string of the molecule is Cc1ccccc1-c1nnc(SCCC(=O)O)n1C. The summed E-state index contributed by atoms with van der Waals surface area (Å²) < 4.78 is 1.90. The van der Waals surface area contributed by atoms with E-state index in [0.29, 0.717) is 5.75 Å². The Labute approximate surface area is 115 Å². The maximum Gasteiger partial charge on any atom is 0.304 e. The van der Waals surface area contributed by atoms with Gasteiger partial charge in [0.05, 0.1) is 6.42 Å². The van der Waals surface area contributed by atoms with Crippen LogP contribution in [0.3, 0.4) is 0 Å². The molecule has 0 spiro atoms.